The predicted molar refractivity (Wildman–Crippen MR) is 97.7 cm³/mol. The van der Waals surface area contributed by atoms with Crippen molar-refractivity contribution in [3.05, 3.63) is 71.2 Å². The topological polar surface area (TPSA) is 76.2 Å². The summed E-state index contributed by atoms with van der Waals surface area (Å²) in [6.07, 6.45) is 1.73. The monoisotopic (exact) mass is 351 g/mol. The summed E-state index contributed by atoms with van der Waals surface area (Å²) < 4.78 is 15.9. The van der Waals surface area contributed by atoms with Gasteiger partial charge in [-0.1, -0.05) is 18.2 Å². The Kier molecular flexibility index (Phi) is 3.93. The highest BCUT2D eigenvalue weighted by atomic mass is 19.1. The number of nitrogens with one attached hydrogen (secondary N) is 1. The lowest BCUT2D eigenvalue weighted by Crippen LogP contribution is -2.30. The Labute approximate surface area is 150 Å². The van der Waals surface area contributed by atoms with Crippen LogP contribution in [0.15, 0.2) is 48.7 Å². The highest BCUT2D eigenvalue weighted by molar-refractivity contribution is 6.08. The molecule has 4 rings (SSSR count). The van der Waals surface area contributed by atoms with E-state index in [1.54, 1.807) is 27.9 Å². The maximum Gasteiger partial charge on any atom is 0.258 e. The third-order valence-corrected chi connectivity index (χ3v) is 4.56. The van der Waals surface area contributed by atoms with Gasteiger partial charge in [0.25, 0.3) is 5.91 Å². The SMILES string of the molecule is Cn1ncc2c1Nc1ccccc1N(C(=O)c1ccc(CN)c(F)c1)C2. The Hall–Kier alpha value is -3.19. The number of nitrogens with two attached hydrogens (primary N) is 1. The normalized spacial score (nSPS) is 12.8. The lowest BCUT2D eigenvalue weighted by Gasteiger charge is -2.22. The molecule has 0 unspecified atom stereocenters. The number of carbonyl (C=O) groups is 1. The van der Waals surface area contributed by atoms with Crippen molar-refractivity contribution in [3.8, 4) is 0 Å². The number of aromatic nitrogens is 2. The van der Waals surface area contributed by atoms with E-state index in [9.17, 15) is 9.18 Å². The van der Waals surface area contributed by atoms with Crippen LogP contribution in [0.25, 0.3) is 0 Å². The Morgan fingerprint density at radius 2 is 2.12 bits per heavy atom. The molecule has 26 heavy (non-hydrogen) atoms. The molecular weight excluding hydrogens is 333 g/mol. The van der Waals surface area contributed by atoms with E-state index >= 15 is 0 Å². The van der Waals surface area contributed by atoms with Crippen LogP contribution in [0.1, 0.15) is 21.5 Å². The zero-order valence-electron chi connectivity index (χ0n) is 14.2. The minimum absolute atomic E-state index is 0.0931. The summed E-state index contributed by atoms with van der Waals surface area (Å²) in [4.78, 5) is 14.8. The van der Waals surface area contributed by atoms with E-state index in [1.807, 2.05) is 31.3 Å². The van der Waals surface area contributed by atoms with Gasteiger partial charge in [-0.15, -0.1) is 0 Å². The van der Waals surface area contributed by atoms with Crippen LogP contribution in [0.5, 0.6) is 0 Å². The summed E-state index contributed by atoms with van der Waals surface area (Å²) >= 11 is 0. The lowest BCUT2D eigenvalue weighted by molar-refractivity contribution is 0.0985. The minimum Gasteiger partial charge on any atom is -0.338 e. The Balaban J connectivity index is 1.79. The number of halogens is 1. The van der Waals surface area contributed by atoms with Crippen molar-refractivity contribution >= 4 is 23.1 Å². The predicted octanol–water partition coefficient (Wildman–Crippen LogP) is 2.92. The fourth-order valence-corrected chi connectivity index (χ4v) is 3.14. The molecule has 0 bridgehead atoms. The van der Waals surface area contributed by atoms with E-state index in [2.05, 4.69) is 10.4 Å². The first-order chi connectivity index (χ1) is 12.6. The quantitative estimate of drug-likeness (QED) is 0.744. The third kappa shape index (κ3) is 2.62. The van der Waals surface area contributed by atoms with Crippen molar-refractivity contribution in [1.82, 2.24) is 9.78 Å². The first-order valence-electron chi connectivity index (χ1n) is 8.25. The molecule has 2 heterocycles. The summed E-state index contributed by atoms with van der Waals surface area (Å²) in [5, 5.41) is 7.59. The van der Waals surface area contributed by atoms with E-state index in [-0.39, 0.29) is 18.0 Å². The van der Waals surface area contributed by atoms with Gasteiger partial charge in [-0.25, -0.2) is 4.39 Å². The highest BCUT2D eigenvalue weighted by Gasteiger charge is 2.26. The average Bonchev–Trinajstić information content (AvgIpc) is 2.90. The Bertz CT molecular complexity index is 997. The number of amides is 1. The number of carbonyl (C=O) groups excluding carboxylic acids is 1. The highest BCUT2D eigenvalue weighted by Crippen LogP contribution is 2.36. The molecule has 1 amide bonds. The zero-order valence-corrected chi connectivity index (χ0v) is 14.2. The maximum atomic E-state index is 14.1. The van der Waals surface area contributed by atoms with Crippen LogP contribution < -0.4 is 16.0 Å². The summed E-state index contributed by atoms with van der Waals surface area (Å²) in [5.74, 6) is 0.0810. The van der Waals surface area contributed by atoms with Gasteiger partial charge < -0.3 is 16.0 Å². The molecule has 0 saturated heterocycles. The van der Waals surface area contributed by atoms with Crippen LogP contribution in [0.3, 0.4) is 0 Å². The van der Waals surface area contributed by atoms with E-state index in [4.69, 9.17) is 5.73 Å². The number of rotatable bonds is 2. The summed E-state index contributed by atoms with van der Waals surface area (Å²) in [5.41, 5.74) is 8.58. The smallest absolute Gasteiger partial charge is 0.258 e. The fourth-order valence-electron chi connectivity index (χ4n) is 3.14. The van der Waals surface area contributed by atoms with Gasteiger partial charge in [0.05, 0.1) is 24.1 Å². The number of aryl methyl sites for hydroxylation is 1. The second kappa shape index (κ2) is 6.27. The standard InChI is InChI=1S/C19H18FN5O/c1-24-18-14(10-22-24)11-25(17-5-3-2-4-16(17)23-18)19(26)12-6-7-13(9-21)15(20)8-12/h2-8,10,23H,9,11,21H2,1H3. The number of hydrogen-bond acceptors (Lipinski definition) is 4. The fraction of sp³-hybridized carbons (Fsp3) is 0.158. The molecule has 3 aromatic rings. The van der Waals surface area contributed by atoms with Gasteiger partial charge in [-0.05, 0) is 24.3 Å². The summed E-state index contributed by atoms with van der Waals surface area (Å²) in [6, 6.07) is 11.9. The molecule has 2 aromatic carbocycles. The first kappa shape index (κ1) is 16.3. The number of anilines is 3. The molecule has 3 N–H and O–H groups in total. The number of para-hydroxylation sites is 2. The molecule has 1 aliphatic rings. The molecule has 0 spiro atoms. The number of benzene rings is 2. The van der Waals surface area contributed by atoms with Gasteiger partial charge >= 0.3 is 0 Å². The molecule has 0 fully saturated rings. The van der Waals surface area contributed by atoms with Crippen molar-refractivity contribution in [1.29, 1.82) is 0 Å². The van der Waals surface area contributed by atoms with Crippen LogP contribution in [0.2, 0.25) is 0 Å². The van der Waals surface area contributed by atoms with Crippen molar-refractivity contribution in [2.75, 3.05) is 10.2 Å². The van der Waals surface area contributed by atoms with Gasteiger partial charge in [0, 0.05) is 30.3 Å². The van der Waals surface area contributed by atoms with Crippen LogP contribution in [-0.2, 0) is 20.1 Å². The van der Waals surface area contributed by atoms with Gasteiger partial charge in [0.2, 0.25) is 0 Å². The molecule has 132 valence electrons. The van der Waals surface area contributed by atoms with Crippen molar-refractivity contribution < 1.29 is 9.18 Å². The molecule has 1 aliphatic heterocycles. The summed E-state index contributed by atoms with van der Waals surface area (Å²) in [6.45, 7) is 0.433. The van der Waals surface area contributed by atoms with E-state index < -0.39 is 5.82 Å². The van der Waals surface area contributed by atoms with E-state index in [0.717, 1.165) is 22.8 Å². The second-order valence-corrected chi connectivity index (χ2v) is 6.19. The second-order valence-electron chi connectivity index (χ2n) is 6.19. The van der Waals surface area contributed by atoms with Gasteiger partial charge in [-0.2, -0.15) is 5.10 Å². The largest absolute Gasteiger partial charge is 0.338 e. The molecular formula is C19H18FN5O. The number of hydrogen-bond donors (Lipinski definition) is 2. The van der Waals surface area contributed by atoms with E-state index in [1.165, 1.54) is 6.07 Å². The van der Waals surface area contributed by atoms with Crippen LogP contribution in [0, 0.1) is 5.82 Å². The van der Waals surface area contributed by atoms with Crippen LogP contribution >= 0.6 is 0 Å². The van der Waals surface area contributed by atoms with Gasteiger partial charge in [-0.3, -0.25) is 9.48 Å². The molecule has 1 aromatic heterocycles. The lowest BCUT2D eigenvalue weighted by atomic mass is 10.1. The van der Waals surface area contributed by atoms with Crippen LogP contribution in [0.4, 0.5) is 21.6 Å². The Morgan fingerprint density at radius 1 is 1.31 bits per heavy atom. The molecule has 0 saturated carbocycles. The Morgan fingerprint density at radius 3 is 2.88 bits per heavy atom. The van der Waals surface area contributed by atoms with E-state index in [0.29, 0.717) is 12.1 Å². The number of nitrogens with zero attached hydrogens (tertiary/aromatic N) is 3. The number of fused-ring (bicyclic) bond motifs is 2. The summed E-state index contributed by atoms with van der Waals surface area (Å²) in [7, 11) is 1.84. The average molecular weight is 351 g/mol. The van der Waals surface area contributed by atoms with Crippen LogP contribution in [-0.4, -0.2) is 15.7 Å². The van der Waals surface area contributed by atoms with Crippen molar-refractivity contribution in [2.45, 2.75) is 13.1 Å². The maximum absolute atomic E-state index is 14.1. The third-order valence-electron chi connectivity index (χ3n) is 4.56. The van der Waals surface area contributed by atoms with Crippen molar-refractivity contribution in [3.63, 3.8) is 0 Å². The molecule has 0 atom stereocenters. The minimum atomic E-state index is -0.471. The van der Waals surface area contributed by atoms with Crippen molar-refractivity contribution in [2.24, 2.45) is 12.8 Å². The molecule has 0 radical (unpaired) electrons. The molecule has 0 aliphatic carbocycles. The van der Waals surface area contributed by atoms with Gasteiger partial charge in [0.15, 0.2) is 0 Å². The molecule has 7 heteroatoms. The van der Waals surface area contributed by atoms with Gasteiger partial charge in [0.1, 0.15) is 11.6 Å². The molecule has 6 nitrogen and oxygen atoms in total. The zero-order chi connectivity index (χ0) is 18.3. The first-order valence-corrected chi connectivity index (χ1v) is 8.25.